The third-order valence-corrected chi connectivity index (χ3v) is 4.00. The van der Waals surface area contributed by atoms with E-state index in [-0.39, 0.29) is 11.2 Å². The van der Waals surface area contributed by atoms with Crippen LogP contribution in [-0.2, 0) is 4.74 Å². The van der Waals surface area contributed by atoms with Gasteiger partial charge in [0.1, 0.15) is 0 Å². The van der Waals surface area contributed by atoms with Crippen LogP contribution >= 0.6 is 0 Å². The molecule has 2 heterocycles. The molecule has 0 aromatic heterocycles. The molecule has 1 spiro atoms. The van der Waals surface area contributed by atoms with E-state index in [2.05, 4.69) is 25.7 Å². The number of rotatable bonds is 1. The van der Waals surface area contributed by atoms with Gasteiger partial charge in [0.2, 0.25) is 0 Å². The summed E-state index contributed by atoms with van der Waals surface area (Å²) in [6, 6.07) is 0. The van der Waals surface area contributed by atoms with Crippen LogP contribution in [0.3, 0.4) is 0 Å². The molecule has 0 radical (unpaired) electrons. The van der Waals surface area contributed by atoms with Crippen LogP contribution in [0.25, 0.3) is 0 Å². The van der Waals surface area contributed by atoms with Crippen LogP contribution in [0.1, 0.15) is 33.6 Å². The minimum Gasteiger partial charge on any atom is -0.465 e. The predicted octanol–water partition coefficient (Wildman–Crippen LogP) is 1.63. The van der Waals surface area contributed by atoms with Gasteiger partial charge in [-0.1, -0.05) is 6.92 Å². The number of hydrogen-bond acceptors (Lipinski definition) is 3. The van der Waals surface area contributed by atoms with Crippen molar-refractivity contribution in [2.75, 3.05) is 32.7 Å². The maximum atomic E-state index is 10.9. The van der Waals surface area contributed by atoms with E-state index in [0.29, 0.717) is 13.1 Å². The summed E-state index contributed by atoms with van der Waals surface area (Å²) in [5, 5.41) is 9.00. The van der Waals surface area contributed by atoms with Gasteiger partial charge in [0, 0.05) is 26.2 Å². The van der Waals surface area contributed by atoms with Crippen LogP contribution < -0.4 is 0 Å². The number of carbonyl (C=O) groups is 1. The van der Waals surface area contributed by atoms with Gasteiger partial charge in [-0.2, -0.15) is 0 Å². The second-order valence-electron chi connectivity index (χ2n) is 6.12. The van der Waals surface area contributed by atoms with Crippen LogP contribution in [0.4, 0.5) is 4.79 Å². The van der Waals surface area contributed by atoms with Crippen molar-refractivity contribution in [1.29, 1.82) is 0 Å². The number of likely N-dealkylation sites (N-methyl/N-ethyl adjacent to an activating group) is 1. The summed E-state index contributed by atoms with van der Waals surface area (Å²) in [5.41, 5.74) is -0.288. The lowest BCUT2D eigenvalue weighted by molar-refractivity contribution is -0.210. The average Bonchev–Trinajstić information content (AvgIpc) is 2.27. The first-order chi connectivity index (χ1) is 8.36. The number of morpholine rings is 1. The monoisotopic (exact) mass is 256 g/mol. The van der Waals surface area contributed by atoms with Crippen molar-refractivity contribution in [2.45, 2.75) is 44.8 Å². The van der Waals surface area contributed by atoms with Crippen molar-refractivity contribution in [1.82, 2.24) is 9.80 Å². The van der Waals surface area contributed by atoms with Crippen LogP contribution in [0.2, 0.25) is 0 Å². The van der Waals surface area contributed by atoms with Crippen LogP contribution in [0.15, 0.2) is 0 Å². The SMILES string of the molecule is CCN1CC(C)(C)OC2(CCN(C(=O)O)CC2)C1. The highest BCUT2D eigenvalue weighted by atomic mass is 16.5. The Morgan fingerprint density at radius 2 is 1.89 bits per heavy atom. The molecule has 0 aromatic rings. The van der Waals surface area contributed by atoms with E-state index in [4.69, 9.17) is 9.84 Å². The molecule has 2 saturated heterocycles. The molecule has 2 rings (SSSR count). The van der Waals surface area contributed by atoms with Crippen LogP contribution in [0.5, 0.6) is 0 Å². The molecule has 1 N–H and O–H groups in total. The lowest BCUT2D eigenvalue weighted by Gasteiger charge is -2.52. The number of nitrogens with zero attached hydrogens (tertiary/aromatic N) is 2. The fraction of sp³-hybridized carbons (Fsp3) is 0.923. The fourth-order valence-corrected chi connectivity index (χ4v) is 3.24. The highest BCUT2D eigenvalue weighted by Crippen LogP contribution is 2.36. The third kappa shape index (κ3) is 2.78. The van der Waals surface area contributed by atoms with Gasteiger partial charge in [-0.05, 0) is 33.2 Å². The number of amides is 1. The summed E-state index contributed by atoms with van der Waals surface area (Å²) in [7, 11) is 0. The highest BCUT2D eigenvalue weighted by molar-refractivity contribution is 5.65. The smallest absolute Gasteiger partial charge is 0.407 e. The Kier molecular flexibility index (Phi) is 3.56. The molecule has 2 aliphatic heterocycles. The maximum absolute atomic E-state index is 10.9. The first-order valence-electron chi connectivity index (χ1n) is 6.76. The first-order valence-corrected chi connectivity index (χ1v) is 6.76. The Morgan fingerprint density at radius 1 is 1.28 bits per heavy atom. The van der Waals surface area contributed by atoms with Gasteiger partial charge in [-0.25, -0.2) is 4.79 Å². The lowest BCUT2D eigenvalue weighted by atomic mass is 9.87. The normalized spacial score (nSPS) is 27.4. The largest absolute Gasteiger partial charge is 0.465 e. The van der Waals surface area contributed by atoms with Crippen molar-refractivity contribution in [3.05, 3.63) is 0 Å². The van der Waals surface area contributed by atoms with E-state index < -0.39 is 6.09 Å². The van der Waals surface area contributed by atoms with E-state index in [1.807, 2.05) is 0 Å². The molecule has 5 nitrogen and oxygen atoms in total. The van der Waals surface area contributed by atoms with Crippen molar-refractivity contribution in [2.24, 2.45) is 0 Å². The summed E-state index contributed by atoms with van der Waals surface area (Å²) < 4.78 is 6.30. The molecule has 0 aromatic carbocycles. The molecule has 2 aliphatic rings. The Morgan fingerprint density at radius 3 is 2.39 bits per heavy atom. The Balaban J connectivity index is 2.05. The average molecular weight is 256 g/mol. The van der Waals surface area contributed by atoms with Gasteiger partial charge in [0.15, 0.2) is 0 Å². The zero-order valence-corrected chi connectivity index (χ0v) is 11.6. The molecule has 0 atom stereocenters. The number of carboxylic acid groups (broad SMARTS) is 1. The molecule has 104 valence electrons. The van der Waals surface area contributed by atoms with E-state index >= 15 is 0 Å². The Hall–Kier alpha value is -0.810. The van der Waals surface area contributed by atoms with Gasteiger partial charge in [-0.3, -0.25) is 4.90 Å². The van der Waals surface area contributed by atoms with Crippen molar-refractivity contribution in [3.8, 4) is 0 Å². The molecule has 18 heavy (non-hydrogen) atoms. The van der Waals surface area contributed by atoms with Crippen LogP contribution in [-0.4, -0.2) is 64.9 Å². The quantitative estimate of drug-likeness (QED) is 0.774. The number of hydrogen-bond donors (Lipinski definition) is 1. The zero-order chi connectivity index (χ0) is 13.4. The molecule has 2 fully saturated rings. The van der Waals surface area contributed by atoms with E-state index in [9.17, 15) is 4.79 Å². The summed E-state index contributed by atoms with van der Waals surface area (Å²) in [6.45, 7) is 10.5. The minimum atomic E-state index is -0.813. The third-order valence-electron chi connectivity index (χ3n) is 4.00. The van der Waals surface area contributed by atoms with Gasteiger partial charge < -0.3 is 14.7 Å². The van der Waals surface area contributed by atoms with Crippen LogP contribution in [0, 0.1) is 0 Å². The van der Waals surface area contributed by atoms with Gasteiger partial charge in [0.05, 0.1) is 11.2 Å². The molecule has 5 heteroatoms. The van der Waals surface area contributed by atoms with Crippen molar-refractivity contribution in [3.63, 3.8) is 0 Å². The Labute approximate surface area is 109 Å². The fourth-order valence-electron chi connectivity index (χ4n) is 3.24. The van der Waals surface area contributed by atoms with Crippen molar-refractivity contribution < 1.29 is 14.6 Å². The Bertz CT molecular complexity index is 322. The second-order valence-corrected chi connectivity index (χ2v) is 6.12. The first kappa shape index (κ1) is 13.6. The molecule has 0 aliphatic carbocycles. The van der Waals surface area contributed by atoms with Gasteiger partial charge in [-0.15, -0.1) is 0 Å². The number of piperidine rings is 1. The molecule has 0 bridgehead atoms. The topological polar surface area (TPSA) is 53.0 Å². The standard InChI is InChI=1S/C13H24N2O3/c1-4-14-9-12(2,3)18-13(10-14)5-7-15(8-6-13)11(16)17/h4-10H2,1-3H3,(H,16,17). The maximum Gasteiger partial charge on any atom is 0.407 e. The molecule has 0 unspecified atom stereocenters. The van der Waals surface area contributed by atoms with Gasteiger partial charge in [0.25, 0.3) is 0 Å². The summed E-state index contributed by atoms with van der Waals surface area (Å²) in [5.74, 6) is 0. The molecule has 0 saturated carbocycles. The van der Waals surface area contributed by atoms with E-state index in [1.54, 1.807) is 0 Å². The predicted molar refractivity (Wildman–Crippen MR) is 68.8 cm³/mol. The molecular weight excluding hydrogens is 232 g/mol. The summed E-state index contributed by atoms with van der Waals surface area (Å²) in [6.07, 6.45) is 0.797. The van der Waals surface area contributed by atoms with Crippen molar-refractivity contribution >= 4 is 6.09 Å². The minimum absolute atomic E-state index is 0.139. The molecular formula is C13H24N2O3. The number of ether oxygens (including phenoxy) is 1. The van der Waals surface area contributed by atoms with Gasteiger partial charge >= 0.3 is 6.09 Å². The zero-order valence-electron chi connectivity index (χ0n) is 11.6. The number of likely N-dealkylation sites (tertiary alicyclic amines) is 1. The summed E-state index contributed by atoms with van der Waals surface area (Å²) >= 11 is 0. The summed E-state index contributed by atoms with van der Waals surface area (Å²) in [4.78, 5) is 14.9. The highest BCUT2D eigenvalue weighted by Gasteiger charge is 2.45. The second kappa shape index (κ2) is 4.70. The van der Waals surface area contributed by atoms with E-state index in [0.717, 1.165) is 32.5 Å². The lowest BCUT2D eigenvalue weighted by Crippen LogP contribution is -2.62. The van der Waals surface area contributed by atoms with E-state index in [1.165, 1.54) is 4.90 Å². The molecule has 1 amide bonds.